The number of aromatic nitrogens is 2. The number of anilines is 1. The van der Waals surface area contributed by atoms with Crippen LogP contribution in [-0.4, -0.2) is 73.4 Å². The highest BCUT2D eigenvalue weighted by Gasteiger charge is 2.34. The SMILES string of the molecule is COc1ccc2nccc(N3CC(N(C)C[C@@H]4CNC(=O)O4)C3)c2n1. The molecule has 0 radical (unpaired) electrons. The van der Waals surface area contributed by atoms with Crippen molar-refractivity contribution in [3.63, 3.8) is 0 Å². The van der Waals surface area contributed by atoms with E-state index in [2.05, 4.69) is 32.1 Å². The normalized spacial score (nSPS) is 20.5. The highest BCUT2D eigenvalue weighted by Crippen LogP contribution is 2.30. The van der Waals surface area contributed by atoms with E-state index in [0.29, 0.717) is 18.5 Å². The maximum atomic E-state index is 11.1. The minimum absolute atomic E-state index is 0.0702. The number of carbonyl (C=O) groups excluding carboxylic acids is 1. The zero-order chi connectivity index (χ0) is 17.4. The number of cyclic esters (lactones) is 1. The Morgan fingerprint density at radius 2 is 2.24 bits per heavy atom. The summed E-state index contributed by atoms with van der Waals surface area (Å²) in [6.07, 6.45) is 1.42. The van der Waals surface area contributed by atoms with Crippen molar-refractivity contribution in [3.8, 4) is 5.88 Å². The van der Waals surface area contributed by atoms with Crippen LogP contribution in [0.25, 0.3) is 11.0 Å². The highest BCUT2D eigenvalue weighted by atomic mass is 16.6. The molecule has 1 N–H and O–H groups in total. The predicted octanol–water partition coefficient (Wildman–Crippen LogP) is 0.867. The van der Waals surface area contributed by atoms with Crippen molar-refractivity contribution >= 4 is 22.8 Å². The van der Waals surface area contributed by atoms with Crippen LogP contribution in [0.1, 0.15) is 0 Å². The Kier molecular flexibility index (Phi) is 4.04. The third kappa shape index (κ3) is 3.05. The first-order valence-corrected chi connectivity index (χ1v) is 8.33. The molecule has 1 atom stereocenters. The third-order valence-corrected chi connectivity index (χ3v) is 4.81. The number of rotatable bonds is 5. The average molecular weight is 343 g/mol. The lowest BCUT2D eigenvalue weighted by Crippen LogP contribution is -2.59. The summed E-state index contributed by atoms with van der Waals surface area (Å²) in [5.74, 6) is 0.589. The first kappa shape index (κ1) is 15.9. The number of likely N-dealkylation sites (N-methyl/N-ethyl adjacent to an activating group) is 1. The van der Waals surface area contributed by atoms with Crippen molar-refractivity contribution in [3.05, 3.63) is 24.4 Å². The van der Waals surface area contributed by atoms with E-state index in [1.54, 1.807) is 7.11 Å². The Labute approximate surface area is 145 Å². The van der Waals surface area contributed by atoms with Gasteiger partial charge in [0.1, 0.15) is 11.6 Å². The Morgan fingerprint density at radius 3 is 2.96 bits per heavy atom. The molecule has 4 rings (SSSR count). The molecular formula is C17H21N5O3. The van der Waals surface area contributed by atoms with Gasteiger partial charge in [-0.05, 0) is 19.2 Å². The molecule has 25 heavy (non-hydrogen) atoms. The van der Waals surface area contributed by atoms with Gasteiger partial charge in [-0.15, -0.1) is 0 Å². The molecule has 4 heterocycles. The number of fused-ring (bicyclic) bond motifs is 1. The number of methoxy groups -OCH3 is 1. The Balaban J connectivity index is 1.43. The number of ether oxygens (including phenoxy) is 2. The van der Waals surface area contributed by atoms with Gasteiger partial charge in [0.05, 0.1) is 24.9 Å². The molecule has 8 heteroatoms. The fourth-order valence-electron chi connectivity index (χ4n) is 3.30. The van der Waals surface area contributed by atoms with Crippen LogP contribution in [0.15, 0.2) is 24.4 Å². The van der Waals surface area contributed by atoms with Gasteiger partial charge >= 0.3 is 6.09 Å². The van der Waals surface area contributed by atoms with Gasteiger partial charge in [-0.2, -0.15) is 0 Å². The van der Waals surface area contributed by atoms with Gasteiger partial charge in [-0.1, -0.05) is 0 Å². The summed E-state index contributed by atoms with van der Waals surface area (Å²) in [6, 6.07) is 6.17. The maximum absolute atomic E-state index is 11.1. The standard InChI is InChI=1S/C17H21N5O3/c1-21(10-12-7-19-17(23)25-12)11-8-22(9-11)14-5-6-18-13-3-4-15(24-2)20-16(13)14/h3-6,11-12H,7-10H2,1-2H3,(H,19,23)/t12-/m0/s1. The van der Waals surface area contributed by atoms with E-state index in [-0.39, 0.29) is 12.2 Å². The zero-order valence-corrected chi connectivity index (χ0v) is 14.3. The number of nitrogens with one attached hydrogen (secondary N) is 1. The summed E-state index contributed by atoms with van der Waals surface area (Å²) < 4.78 is 10.4. The number of nitrogens with zero attached hydrogens (tertiary/aromatic N) is 4. The van der Waals surface area contributed by atoms with Crippen LogP contribution >= 0.6 is 0 Å². The van der Waals surface area contributed by atoms with Gasteiger partial charge < -0.3 is 19.7 Å². The van der Waals surface area contributed by atoms with Crippen LogP contribution in [0.4, 0.5) is 10.5 Å². The van der Waals surface area contributed by atoms with Crippen LogP contribution in [0, 0.1) is 0 Å². The summed E-state index contributed by atoms with van der Waals surface area (Å²) in [7, 11) is 3.68. The third-order valence-electron chi connectivity index (χ3n) is 4.81. The summed E-state index contributed by atoms with van der Waals surface area (Å²) >= 11 is 0. The number of alkyl carbamates (subject to hydrolysis) is 1. The molecule has 0 aromatic carbocycles. The van der Waals surface area contributed by atoms with E-state index in [4.69, 9.17) is 9.47 Å². The topological polar surface area (TPSA) is 79.8 Å². The lowest BCUT2D eigenvalue weighted by Gasteiger charge is -2.45. The first-order valence-electron chi connectivity index (χ1n) is 8.33. The minimum Gasteiger partial charge on any atom is -0.481 e. The Morgan fingerprint density at radius 1 is 1.40 bits per heavy atom. The van der Waals surface area contributed by atoms with E-state index in [9.17, 15) is 4.79 Å². The number of amides is 1. The number of carbonyl (C=O) groups is 1. The first-order chi connectivity index (χ1) is 12.1. The zero-order valence-electron chi connectivity index (χ0n) is 14.3. The lowest BCUT2D eigenvalue weighted by atomic mass is 10.1. The largest absolute Gasteiger partial charge is 0.481 e. The van der Waals surface area contributed by atoms with Crippen LogP contribution in [-0.2, 0) is 4.74 Å². The molecule has 132 valence electrons. The van der Waals surface area contributed by atoms with E-state index in [0.717, 1.165) is 36.4 Å². The quantitative estimate of drug-likeness (QED) is 0.863. The summed E-state index contributed by atoms with van der Waals surface area (Å²) in [5.41, 5.74) is 2.79. The van der Waals surface area contributed by atoms with Crippen LogP contribution in [0.3, 0.4) is 0 Å². The number of pyridine rings is 2. The molecule has 1 amide bonds. The summed E-state index contributed by atoms with van der Waals surface area (Å²) in [5, 5.41) is 2.69. The molecule has 0 saturated carbocycles. The van der Waals surface area contributed by atoms with Crippen molar-refractivity contribution in [1.82, 2.24) is 20.2 Å². The van der Waals surface area contributed by atoms with Gasteiger partial charge in [-0.25, -0.2) is 9.78 Å². The molecule has 0 unspecified atom stereocenters. The second-order valence-corrected chi connectivity index (χ2v) is 6.46. The Bertz CT molecular complexity index is 793. The summed E-state index contributed by atoms with van der Waals surface area (Å²) in [4.78, 5) is 24.6. The highest BCUT2D eigenvalue weighted by molar-refractivity contribution is 5.88. The molecule has 0 aliphatic carbocycles. The van der Waals surface area contributed by atoms with E-state index in [1.165, 1.54) is 0 Å². The second-order valence-electron chi connectivity index (χ2n) is 6.46. The van der Waals surface area contributed by atoms with Crippen molar-refractivity contribution in [1.29, 1.82) is 0 Å². The van der Waals surface area contributed by atoms with Gasteiger partial charge in [0, 0.05) is 37.9 Å². The van der Waals surface area contributed by atoms with Gasteiger partial charge in [0.15, 0.2) is 0 Å². The molecule has 0 spiro atoms. The molecule has 2 aliphatic rings. The van der Waals surface area contributed by atoms with Gasteiger partial charge in [0.25, 0.3) is 0 Å². The molecule has 2 aromatic heterocycles. The molecular weight excluding hydrogens is 322 g/mol. The molecule has 2 saturated heterocycles. The predicted molar refractivity (Wildman–Crippen MR) is 93.0 cm³/mol. The minimum atomic E-state index is -0.322. The lowest BCUT2D eigenvalue weighted by molar-refractivity contribution is 0.0956. The number of hydrogen-bond donors (Lipinski definition) is 1. The van der Waals surface area contributed by atoms with Gasteiger partial charge in [0.2, 0.25) is 5.88 Å². The van der Waals surface area contributed by atoms with E-state index in [1.807, 2.05) is 24.4 Å². The van der Waals surface area contributed by atoms with Crippen LogP contribution in [0.5, 0.6) is 5.88 Å². The van der Waals surface area contributed by atoms with E-state index >= 15 is 0 Å². The van der Waals surface area contributed by atoms with Crippen molar-refractivity contribution in [2.45, 2.75) is 12.1 Å². The Hall–Kier alpha value is -2.61. The van der Waals surface area contributed by atoms with Crippen molar-refractivity contribution < 1.29 is 14.3 Å². The molecule has 2 aliphatic heterocycles. The molecule has 2 aromatic rings. The van der Waals surface area contributed by atoms with E-state index < -0.39 is 0 Å². The fourth-order valence-corrected chi connectivity index (χ4v) is 3.30. The second kappa shape index (κ2) is 6.36. The maximum Gasteiger partial charge on any atom is 0.407 e. The fraction of sp³-hybridized carbons (Fsp3) is 0.471. The average Bonchev–Trinajstić information content (AvgIpc) is 2.98. The van der Waals surface area contributed by atoms with Crippen LogP contribution in [0.2, 0.25) is 0 Å². The van der Waals surface area contributed by atoms with Crippen molar-refractivity contribution in [2.75, 3.05) is 45.2 Å². The molecule has 0 bridgehead atoms. The van der Waals surface area contributed by atoms with Crippen molar-refractivity contribution in [2.24, 2.45) is 0 Å². The number of hydrogen-bond acceptors (Lipinski definition) is 7. The smallest absolute Gasteiger partial charge is 0.407 e. The summed E-state index contributed by atoms with van der Waals surface area (Å²) in [6.45, 7) is 3.13. The van der Waals surface area contributed by atoms with Crippen LogP contribution < -0.4 is 15.0 Å². The molecule has 8 nitrogen and oxygen atoms in total. The monoisotopic (exact) mass is 343 g/mol. The van der Waals surface area contributed by atoms with Gasteiger partial charge in [-0.3, -0.25) is 9.88 Å². The molecule has 2 fully saturated rings.